The summed E-state index contributed by atoms with van der Waals surface area (Å²) in [6.07, 6.45) is 0. The Balaban J connectivity index is 1.72. The van der Waals surface area contributed by atoms with E-state index in [9.17, 15) is 35.9 Å². The predicted molar refractivity (Wildman–Crippen MR) is 135 cm³/mol. The van der Waals surface area contributed by atoms with Gasteiger partial charge in [-0.15, -0.1) is 0 Å². The number of methoxy groups -OCH3 is 1. The SMILES string of the molecule is COc1cc(NC(=O)c2ccc(-c3ccc(F)cc3-c3ccc(F)c(F)c3F)c(CO)c2)ccc1S(N)(=O)=O. The minimum atomic E-state index is -4.07. The maximum absolute atomic E-state index is 14.6. The number of anilines is 1. The standard InChI is InChI=1S/C27H20F4N2O5S/c1-38-23-12-17(4-9-24(23)39(32,36)37)33-27(35)14-2-5-18(15(10-14)13-34)19-6-3-16(28)11-21(19)20-7-8-22(29)26(31)25(20)30/h2-12,34H,13H2,1H3,(H,33,35)(H2,32,36,37). The number of hydrogen-bond acceptors (Lipinski definition) is 5. The molecule has 202 valence electrons. The molecule has 4 aromatic carbocycles. The third kappa shape index (κ3) is 5.62. The van der Waals surface area contributed by atoms with E-state index < -0.39 is 51.4 Å². The first kappa shape index (κ1) is 27.8. The van der Waals surface area contributed by atoms with Crippen LogP contribution >= 0.6 is 0 Å². The number of sulfonamides is 1. The van der Waals surface area contributed by atoms with Gasteiger partial charge in [0.15, 0.2) is 17.5 Å². The lowest BCUT2D eigenvalue weighted by Gasteiger charge is -2.16. The maximum Gasteiger partial charge on any atom is 0.255 e. The summed E-state index contributed by atoms with van der Waals surface area (Å²) >= 11 is 0. The molecule has 4 rings (SSSR count). The molecule has 0 aliphatic heterocycles. The number of carbonyl (C=O) groups excluding carboxylic acids is 1. The Morgan fingerprint density at radius 3 is 2.23 bits per heavy atom. The minimum Gasteiger partial charge on any atom is -0.495 e. The van der Waals surface area contributed by atoms with E-state index in [1.165, 1.54) is 49.6 Å². The number of aliphatic hydroxyl groups is 1. The fourth-order valence-electron chi connectivity index (χ4n) is 4.02. The van der Waals surface area contributed by atoms with Crippen molar-refractivity contribution in [3.05, 3.63) is 101 Å². The van der Waals surface area contributed by atoms with Crippen molar-refractivity contribution >= 4 is 21.6 Å². The molecule has 0 radical (unpaired) electrons. The van der Waals surface area contributed by atoms with Gasteiger partial charge < -0.3 is 15.2 Å². The summed E-state index contributed by atoms with van der Waals surface area (Å²) in [6, 6.07) is 12.9. The molecule has 0 bridgehead atoms. The normalized spacial score (nSPS) is 11.4. The van der Waals surface area contributed by atoms with Crippen LogP contribution in [-0.4, -0.2) is 26.5 Å². The van der Waals surface area contributed by atoms with Crippen molar-refractivity contribution in [3.8, 4) is 28.0 Å². The second-order valence-corrected chi connectivity index (χ2v) is 9.84. The molecule has 0 saturated carbocycles. The second-order valence-electron chi connectivity index (χ2n) is 8.31. The van der Waals surface area contributed by atoms with E-state index in [0.29, 0.717) is 6.07 Å². The van der Waals surface area contributed by atoms with Gasteiger partial charge in [-0.2, -0.15) is 0 Å². The molecule has 0 spiro atoms. The molecule has 0 aliphatic rings. The Kier molecular flexibility index (Phi) is 7.72. The summed E-state index contributed by atoms with van der Waals surface area (Å²) in [4.78, 5) is 12.6. The molecule has 12 heteroatoms. The van der Waals surface area contributed by atoms with Gasteiger partial charge in [-0.25, -0.2) is 31.1 Å². The van der Waals surface area contributed by atoms with Crippen LogP contribution in [0.25, 0.3) is 22.3 Å². The summed E-state index contributed by atoms with van der Waals surface area (Å²) in [6.45, 7) is -0.579. The minimum absolute atomic E-state index is 0.0833. The van der Waals surface area contributed by atoms with Gasteiger partial charge in [-0.1, -0.05) is 12.1 Å². The van der Waals surface area contributed by atoms with Crippen molar-refractivity contribution in [3.63, 3.8) is 0 Å². The smallest absolute Gasteiger partial charge is 0.255 e. The zero-order valence-corrected chi connectivity index (χ0v) is 21.0. The zero-order valence-electron chi connectivity index (χ0n) is 20.1. The van der Waals surface area contributed by atoms with E-state index in [1.807, 2.05) is 0 Å². The molecule has 0 aromatic heterocycles. The largest absolute Gasteiger partial charge is 0.495 e. The van der Waals surface area contributed by atoms with Crippen LogP contribution in [0.1, 0.15) is 15.9 Å². The number of ether oxygens (including phenoxy) is 1. The Morgan fingerprint density at radius 2 is 1.56 bits per heavy atom. The lowest BCUT2D eigenvalue weighted by molar-refractivity contribution is 0.102. The molecule has 0 aliphatic carbocycles. The average Bonchev–Trinajstić information content (AvgIpc) is 2.90. The van der Waals surface area contributed by atoms with E-state index in [1.54, 1.807) is 0 Å². The quantitative estimate of drug-likeness (QED) is 0.218. The highest BCUT2D eigenvalue weighted by atomic mass is 32.2. The molecule has 0 fully saturated rings. The highest BCUT2D eigenvalue weighted by Crippen LogP contribution is 2.37. The number of carbonyl (C=O) groups is 1. The summed E-state index contributed by atoms with van der Waals surface area (Å²) in [5.74, 6) is -6.11. The van der Waals surface area contributed by atoms with E-state index in [0.717, 1.165) is 18.2 Å². The number of benzene rings is 4. The van der Waals surface area contributed by atoms with Gasteiger partial charge in [0.05, 0.1) is 13.7 Å². The van der Waals surface area contributed by atoms with E-state index in [2.05, 4.69) is 5.32 Å². The van der Waals surface area contributed by atoms with Crippen LogP contribution in [0.5, 0.6) is 5.75 Å². The molecule has 39 heavy (non-hydrogen) atoms. The highest BCUT2D eigenvalue weighted by molar-refractivity contribution is 7.89. The van der Waals surface area contributed by atoms with Crippen molar-refractivity contribution in [2.45, 2.75) is 11.5 Å². The maximum atomic E-state index is 14.6. The molecule has 0 saturated heterocycles. The van der Waals surface area contributed by atoms with Crippen molar-refractivity contribution in [2.24, 2.45) is 5.14 Å². The van der Waals surface area contributed by atoms with Crippen LogP contribution in [0.2, 0.25) is 0 Å². The molecule has 1 amide bonds. The first-order chi connectivity index (χ1) is 18.4. The van der Waals surface area contributed by atoms with Gasteiger partial charge in [0.1, 0.15) is 16.5 Å². The lowest BCUT2D eigenvalue weighted by Crippen LogP contribution is -2.15. The van der Waals surface area contributed by atoms with E-state index in [4.69, 9.17) is 9.88 Å². The van der Waals surface area contributed by atoms with Crippen molar-refractivity contribution < 1.29 is 40.6 Å². The number of rotatable bonds is 7. The van der Waals surface area contributed by atoms with Crippen molar-refractivity contribution in [2.75, 3.05) is 12.4 Å². The van der Waals surface area contributed by atoms with Gasteiger partial charge in [-0.3, -0.25) is 4.79 Å². The number of nitrogens with one attached hydrogen (secondary N) is 1. The van der Waals surface area contributed by atoms with Gasteiger partial charge in [0.2, 0.25) is 10.0 Å². The summed E-state index contributed by atoms with van der Waals surface area (Å²) < 4.78 is 84.5. The fraction of sp³-hybridized carbons (Fsp3) is 0.0741. The van der Waals surface area contributed by atoms with Crippen LogP contribution in [0, 0.1) is 23.3 Å². The molecule has 0 unspecified atom stereocenters. The molecular formula is C27H20F4N2O5S. The van der Waals surface area contributed by atoms with Gasteiger partial charge >= 0.3 is 0 Å². The molecule has 0 atom stereocenters. The third-order valence-electron chi connectivity index (χ3n) is 5.86. The van der Waals surface area contributed by atoms with Gasteiger partial charge in [0.25, 0.3) is 5.91 Å². The Bertz CT molecular complexity index is 1710. The first-order valence-corrected chi connectivity index (χ1v) is 12.7. The molecule has 4 aromatic rings. The second kappa shape index (κ2) is 10.8. The lowest BCUT2D eigenvalue weighted by atomic mass is 9.90. The third-order valence-corrected chi connectivity index (χ3v) is 6.81. The van der Waals surface area contributed by atoms with E-state index >= 15 is 0 Å². The van der Waals surface area contributed by atoms with Crippen molar-refractivity contribution in [1.29, 1.82) is 0 Å². The van der Waals surface area contributed by atoms with E-state index in [-0.39, 0.29) is 44.1 Å². The first-order valence-electron chi connectivity index (χ1n) is 11.1. The number of amides is 1. The van der Waals surface area contributed by atoms with Crippen LogP contribution in [0.4, 0.5) is 23.2 Å². The molecule has 0 heterocycles. The van der Waals surface area contributed by atoms with Crippen molar-refractivity contribution in [1.82, 2.24) is 0 Å². The Morgan fingerprint density at radius 1 is 0.872 bits per heavy atom. The number of halogens is 4. The number of nitrogens with two attached hydrogens (primary N) is 1. The van der Waals surface area contributed by atoms with Gasteiger partial charge in [0, 0.05) is 22.9 Å². The van der Waals surface area contributed by atoms with Crippen LogP contribution in [-0.2, 0) is 16.6 Å². The highest BCUT2D eigenvalue weighted by Gasteiger charge is 2.21. The van der Waals surface area contributed by atoms with Crippen LogP contribution < -0.4 is 15.2 Å². The molecular weight excluding hydrogens is 540 g/mol. The molecule has 4 N–H and O–H groups in total. The Labute approximate surface area is 220 Å². The van der Waals surface area contributed by atoms with Crippen LogP contribution in [0.15, 0.2) is 71.6 Å². The number of primary sulfonamides is 1. The number of aliphatic hydroxyl groups excluding tert-OH is 1. The molecule has 7 nitrogen and oxygen atoms in total. The summed E-state index contributed by atoms with van der Waals surface area (Å²) in [5.41, 5.74) is 0.452. The number of hydrogen-bond donors (Lipinski definition) is 3. The average molecular weight is 561 g/mol. The van der Waals surface area contributed by atoms with Gasteiger partial charge in [-0.05, 0) is 70.8 Å². The fourth-order valence-corrected chi connectivity index (χ4v) is 4.70. The Hall–Kier alpha value is -4.26. The topological polar surface area (TPSA) is 119 Å². The van der Waals surface area contributed by atoms with Crippen LogP contribution in [0.3, 0.4) is 0 Å². The zero-order chi connectivity index (χ0) is 28.5. The summed E-state index contributed by atoms with van der Waals surface area (Å²) in [5, 5.41) is 17.8. The predicted octanol–water partition coefficient (Wildman–Crippen LogP) is 4.98. The monoisotopic (exact) mass is 560 g/mol. The summed E-state index contributed by atoms with van der Waals surface area (Å²) in [7, 11) is -2.83.